The number of ether oxygens (including phenoxy) is 8. The maximum absolute atomic E-state index is 7.13. The summed E-state index contributed by atoms with van der Waals surface area (Å²) in [6.45, 7) is 4.35. The second-order valence-corrected chi connectivity index (χ2v) is 22.3. The van der Waals surface area contributed by atoms with Crippen molar-refractivity contribution in [2.75, 3.05) is 52.9 Å². The number of hydrogen-bond donors (Lipinski definition) is 0. The minimum Gasteiger partial charge on any atom is -0.493 e. The molecule has 14 rings (SSSR count). The smallest absolute Gasteiger partial charge is 0.126 e. The minimum absolute atomic E-state index is 0.544. The molecule has 8 aromatic rings. The highest BCUT2D eigenvalue weighted by atomic mass is 16.5. The van der Waals surface area contributed by atoms with Crippen LogP contribution in [0.1, 0.15) is 140 Å². The fourth-order valence-corrected chi connectivity index (χ4v) is 12.7. The molecule has 0 saturated carbocycles. The first-order valence-electron chi connectivity index (χ1n) is 29.6. The molecule has 2 aliphatic carbocycles. The van der Waals surface area contributed by atoms with E-state index in [9.17, 15) is 0 Å². The van der Waals surface area contributed by atoms with Crippen molar-refractivity contribution in [2.45, 2.75) is 103 Å². The first-order valence-corrected chi connectivity index (χ1v) is 29.6. The standard InChI is InChI=1S/C72H72O8/c1-2-34-74-66-51-19-10-20-52(66)44-56-24-14-28-60-48-64-32-16-31-63-47-59-27-13-23-55(43-51)69(59)77-37-5-3-35-75-67-53-21-11-25-57(67)45-61-29-15-30-62(71(61)79-39-7-8-40-80-72(63)64)46-58-26-12-22-54(68(58)76-36-4-6-38-78-70(56)60)42-50-18-9-17-49(41-53)65(50)73-33-1/h9-32H,1-8,33-48H2. The Hall–Kier alpha value is -7.84. The van der Waals surface area contributed by atoms with Crippen LogP contribution in [0.15, 0.2) is 146 Å². The normalized spacial score (nSPS) is 16.6. The molecule has 8 nitrogen and oxygen atoms in total. The van der Waals surface area contributed by atoms with E-state index in [0.29, 0.717) is 104 Å². The third-order valence-corrected chi connectivity index (χ3v) is 16.6. The predicted octanol–water partition coefficient (Wildman–Crippen LogP) is 14.9. The molecule has 6 aliphatic rings. The quantitative estimate of drug-likeness (QED) is 0.149. The number of fused-ring (bicyclic) bond motifs is 20. The third-order valence-electron chi connectivity index (χ3n) is 16.6. The molecule has 0 radical (unpaired) electrons. The highest BCUT2D eigenvalue weighted by Crippen LogP contribution is 2.42. The van der Waals surface area contributed by atoms with Crippen molar-refractivity contribution in [3.05, 3.63) is 235 Å². The molecule has 0 fully saturated rings. The molecule has 0 N–H and O–H groups in total. The SMILES string of the molecule is c1cc2c3c(c1)Cc1cccc4c1OCCCCOc1c5cccc1Cc1cccc6c1OCCCCOc1c(cccc1C4)Cc1cccc(c1OCCCCOc1c(cccc1C6)Cc1cccc(c1OCCCCO3)C5)C2. The monoisotopic (exact) mass is 1060 g/mol. The molecule has 24 bridgehead atoms. The maximum atomic E-state index is 7.13. The van der Waals surface area contributed by atoms with Gasteiger partial charge < -0.3 is 37.9 Å². The fourth-order valence-electron chi connectivity index (χ4n) is 12.7. The lowest BCUT2D eigenvalue weighted by Gasteiger charge is -2.24. The van der Waals surface area contributed by atoms with Crippen molar-refractivity contribution in [2.24, 2.45) is 0 Å². The number of hydrogen-bond acceptors (Lipinski definition) is 8. The van der Waals surface area contributed by atoms with Crippen LogP contribution in [0.2, 0.25) is 0 Å². The molecule has 0 spiro atoms. The van der Waals surface area contributed by atoms with Gasteiger partial charge in [-0.3, -0.25) is 0 Å². The van der Waals surface area contributed by atoms with Gasteiger partial charge >= 0.3 is 0 Å². The second-order valence-electron chi connectivity index (χ2n) is 22.3. The van der Waals surface area contributed by atoms with Crippen molar-refractivity contribution in [3.8, 4) is 46.0 Å². The van der Waals surface area contributed by atoms with E-state index in [1.54, 1.807) is 0 Å². The zero-order valence-electron chi connectivity index (χ0n) is 46.1. The van der Waals surface area contributed by atoms with Gasteiger partial charge in [0, 0.05) is 51.4 Å². The minimum atomic E-state index is 0.544. The Labute approximate surface area is 471 Å². The lowest BCUT2D eigenvalue weighted by atomic mass is 9.91. The van der Waals surface area contributed by atoms with Crippen molar-refractivity contribution in [1.29, 1.82) is 0 Å². The molecule has 8 aromatic carbocycles. The molecule has 80 heavy (non-hydrogen) atoms. The molecule has 0 amide bonds. The Morgan fingerprint density at radius 2 is 0.250 bits per heavy atom. The maximum Gasteiger partial charge on any atom is 0.126 e. The van der Waals surface area contributed by atoms with Gasteiger partial charge in [0.15, 0.2) is 0 Å². The Balaban J connectivity index is 1.03. The molecular weight excluding hydrogens is 993 g/mol. The largest absolute Gasteiger partial charge is 0.493 e. The summed E-state index contributed by atoms with van der Waals surface area (Å²) in [6, 6.07) is 53.4. The summed E-state index contributed by atoms with van der Waals surface area (Å²) in [6.07, 6.45) is 11.6. The predicted molar refractivity (Wildman–Crippen MR) is 315 cm³/mol. The first kappa shape index (κ1) is 51.6. The molecule has 4 heterocycles. The van der Waals surface area contributed by atoms with E-state index in [4.69, 9.17) is 37.9 Å². The molecule has 4 aliphatic heterocycles. The molecule has 0 saturated heterocycles. The van der Waals surface area contributed by atoms with Crippen LogP contribution in [-0.4, -0.2) is 52.9 Å². The van der Waals surface area contributed by atoms with E-state index >= 15 is 0 Å². The van der Waals surface area contributed by atoms with E-state index in [1.807, 2.05) is 0 Å². The average Bonchev–Trinajstić information content (AvgIpc) is 3.46. The molecule has 8 heteroatoms. The highest BCUT2D eigenvalue weighted by Gasteiger charge is 2.25. The lowest BCUT2D eigenvalue weighted by molar-refractivity contribution is 0.256. The van der Waals surface area contributed by atoms with Crippen LogP contribution < -0.4 is 37.9 Å². The summed E-state index contributed by atoms with van der Waals surface area (Å²) in [5.74, 6) is 7.48. The van der Waals surface area contributed by atoms with Crippen molar-refractivity contribution in [3.63, 3.8) is 0 Å². The van der Waals surface area contributed by atoms with Gasteiger partial charge in [-0.1, -0.05) is 146 Å². The van der Waals surface area contributed by atoms with Gasteiger partial charge in [-0.25, -0.2) is 0 Å². The summed E-state index contributed by atoms with van der Waals surface area (Å²) in [5.41, 5.74) is 18.1. The van der Waals surface area contributed by atoms with E-state index in [1.165, 1.54) is 0 Å². The van der Waals surface area contributed by atoms with E-state index in [-0.39, 0.29) is 0 Å². The second kappa shape index (κ2) is 24.3. The van der Waals surface area contributed by atoms with Crippen molar-refractivity contribution in [1.82, 2.24) is 0 Å². The van der Waals surface area contributed by atoms with E-state index in [0.717, 1.165) is 186 Å². The Morgan fingerprint density at radius 1 is 0.150 bits per heavy atom. The summed E-state index contributed by atoms with van der Waals surface area (Å²) in [7, 11) is 0. The first-order chi connectivity index (χ1) is 39.7. The Morgan fingerprint density at radius 3 is 0.350 bits per heavy atom. The molecule has 0 unspecified atom stereocenters. The van der Waals surface area contributed by atoms with Gasteiger partial charge in [0.25, 0.3) is 0 Å². The van der Waals surface area contributed by atoms with Crippen LogP contribution in [-0.2, 0) is 51.4 Å². The van der Waals surface area contributed by atoms with Gasteiger partial charge in [0.1, 0.15) is 46.0 Å². The summed E-state index contributed by atoms with van der Waals surface area (Å²) < 4.78 is 57.0. The average molecular weight is 1070 g/mol. The zero-order valence-corrected chi connectivity index (χ0v) is 46.1. The van der Waals surface area contributed by atoms with Crippen LogP contribution in [0.3, 0.4) is 0 Å². The zero-order chi connectivity index (χ0) is 53.5. The van der Waals surface area contributed by atoms with Gasteiger partial charge in [-0.05, 0) is 140 Å². The number of benzene rings is 8. The molecule has 0 atom stereocenters. The molecule has 408 valence electrons. The van der Waals surface area contributed by atoms with Gasteiger partial charge in [-0.15, -0.1) is 0 Å². The number of rotatable bonds is 0. The van der Waals surface area contributed by atoms with Crippen LogP contribution >= 0.6 is 0 Å². The summed E-state index contributed by atoms with van der Waals surface area (Å²) >= 11 is 0. The summed E-state index contributed by atoms with van der Waals surface area (Å²) in [4.78, 5) is 0. The lowest BCUT2D eigenvalue weighted by Crippen LogP contribution is -2.13. The van der Waals surface area contributed by atoms with E-state index < -0.39 is 0 Å². The van der Waals surface area contributed by atoms with Crippen LogP contribution in [0, 0.1) is 0 Å². The Bertz CT molecular complexity index is 2650. The summed E-state index contributed by atoms with van der Waals surface area (Å²) in [5, 5.41) is 0. The van der Waals surface area contributed by atoms with Crippen LogP contribution in [0.25, 0.3) is 0 Å². The molecule has 0 aromatic heterocycles. The number of para-hydroxylation sites is 8. The van der Waals surface area contributed by atoms with Gasteiger partial charge in [-0.2, -0.15) is 0 Å². The van der Waals surface area contributed by atoms with Gasteiger partial charge in [0.05, 0.1) is 52.9 Å². The van der Waals surface area contributed by atoms with E-state index in [2.05, 4.69) is 146 Å². The van der Waals surface area contributed by atoms with Gasteiger partial charge in [0.2, 0.25) is 0 Å². The van der Waals surface area contributed by atoms with Crippen LogP contribution in [0.5, 0.6) is 46.0 Å². The van der Waals surface area contributed by atoms with Crippen molar-refractivity contribution >= 4 is 0 Å². The topological polar surface area (TPSA) is 73.8 Å². The molecular formula is C72H72O8. The fraction of sp³-hybridized carbons (Fsp3) is 0.333. The Kier molecular flexibility index (Phi) is 15.6. The van der Waals surface area contributed by atoms with Crippen molar-refractivity contribution < 1.29 is 37.9 Å². The third kappa shape index (κ3) is 11.3. The van der Waals surface area contributed by atoms with Crippen LogP contribution in [0.4, 0.5) is 0 Å². The highest BCUT2D eigenvalue weighted by molar-refractivity contribution is 5.58.